The van der Waals surface area contributed by atoms with Gasteiger partial charge >= 0.3 is 0 Å². The smallest absolute Gasteiger partial charge is 0.101 e. The van der Waals surface area contributed by atoms with Crippen molar-refractivity contribution in [3.63, 3.8) is 0 Å². The number of nitrogens with zero attached hydrogens (tertiary/aromatic N) is 1. The van der Waals surface area contributed by atoms with Crippen LogP contribution in [0.4, 0.5) is 0 Å². The van der Waals surface area contributed by atoms with E-state index in [1.54, 1.807) is 0 Å². The first-order valence-corrected chi connectivity index (χ1v) is 12.5. The van der Waals surface area contributed by atoms with E-state index < -0.39 is 0 Å². The van der Waals surface area contributed by atoms with Crippen LogP contribution in [0, 0.1) is 19.8 Å². The van der Waals surface area contributed by atoms with Gasteiger partial charge in [0.15, 0.2) is 0 Å². The van der Waals surface area contributed by atoms with Gasteiger partial charge in [-0.05, 0) is 74.1 Å². The molecule has 1 N–H and O–H groups in total. The van der Waals surface area contributed by atoms with E-state index in [2.05, 4.69) is 63.4 Å². The zero-order chi connectivity index (χ0) is 22.2. The maximum absolute atomic E-state index is 6.91. The quantitative estimate of drug-likeness (QED) is 0.491. The van der Waals surface area contributed by atoms with Crippen molar-refractivity contribution in [3.05, 3.63) is 63.8 Å². The summed E-state index contributed by atoms with van der Waals surface area (Å²) >= 11 is 6.91. The van der Waals surface area contributed by atoms with E-state index in [1.807, 2.05) is 6.20 Å². The number of nitrogens with one attached hydrogen (secondary N) is 1. The molecule has 0 unspecified atom stereocenters. The van der Waals surface area contributed by atoms with Crippen LogP contribution in [0.3, 0.4) is 0 Å². The van der Waals surface area contributed by atoms with Crippen molar-refractivity contribution in [2.45, 2.75) is 91.5 Å². The van der Waals surface area contributed by atoms with Crippen molar-refractivity contribution in [3.8, 4) is 0 Å². The van der Waals surface area contributed by atoms with Crippen molar-refractivity contribution in [2.24, 2.45) is 10.9 Å². The fourth-order valence-corrected chi connectivity index (χ4v) is 4.90. The fraction of sp³-hybridized carbons (Fsp3) is 0.536. The first-order chi connectivity index (χ1) is 15.0. The van der Waals surface area contributed by atoms with E-state index in [9.17, 15) is 0 Å². The highest BCUT2D eigenvalue weighted by Crippen LogP contribution is 2.34. The number of hydrogen-bond acceptors (Lipinski definition) is 1. The van der Waals surface area contributed by atoms with Crippen LogP contribution in [-0.4, -0.2) is 11.9 Å². The molecule has 1 aliphatic heterocycles. The lowest BCUT2D eigenvalue weighted by molar-refractivity contribution is 0.345. The Hall–Kier alpha value is -1.80. The number of benzene rings is 1. The maximum Gasteiger partial charge on any atom is 0.101 e. The molecule has 2 atom stereocenters. The summed E-state index contributed by atoms with van der Waals surface area (Å²) in [6.07, 6.45) is 17.0. The molecule has 0 radical (unpaired) electrons. The van der Waals surface area contributed by atoms with Gasteiger partial charge in [0.25, 0.3) is 0 Å². The minimum Gasteiger partial charge on any atom is -0.349 e. The summed E-state index contributed by atoms with van der Waals surface area (Å²) in [6, 6.07) is 7.15. The van der Waals surface area contributed by atoms with Crippen LogP contribution >= 0.6 is 11.6 Å². The third-order valence-corrected chi connectivity index (χ3v) is 6.76. The van der Waals surface area contributed by atoms with Crippen molar-refractivity contribution in [1.82, 2.24) is 5.32 Å². The number of aryl methyl sites for hydroxylation is 2. The number of unbranched alkanes of at least 4 members (excludes halogenated alkanes) is 1. The summed E-state index contributed by atoms with van der Waals surface area (Å²) in [6.45, 7) is 8.93. The summed E-state index contributed by atoms with van der Waals surface area (Å²) in [5, 5.41) is 4.25. The van der Waals surface area contributed by atoms with Crippen molar-refractivity contribution in [1.29, 1.82) is 0 Å². The van der Waals surface area contributed by atoms with Gasteiger partial charge in [-0.2, -0.15) is 0 Å². The predicted octanol–water partition coefficient (Wildman–Crippen LogP) is 8.24. The van der Waals surface area contributed by atoms with Gasteiger partial charge < -0.3 is 5.32 Å². The van der Waals surface area contributed by atoms with E-state index in [1.165, 1.54) is 47.9 Å². The van der Waals surface area contributed by atoms with E-state index in [-0.39, 0.29) is 0 Å². The second-order valence-corrected chi connectivity index (χ2v) is 9.78. The van der Waals surface area contributed by atoms with Crippen molar-refractivity contribution >= 4 is 23.0 Å². The zero-order valence-corrected chi connectivity index (χ0v) is 20.6. The van der Waals surface area contributed by atoms with Crippen LogP contribution in [0.15, 0.2) is 52.1 Å². The van der Waals surface area contributed by atoms with E-state index in [4.69, 9.17) is 16.6 Å². The van der Waals surface area contributed by atoms with Gasteiger partial charge in [0, 0.05) is 12.6 Å². The molecule has 3 heteroatoms. The van der Waals surface area contributed by atoms with Gasteiger partial charge in [0.2, 0.25) is 0 Å². The first kappa shape index (κ1) is 23.9. The minimum absolute atomic E-state index is 0.460. The normalized spacial score (nSPS) is 26.2. The minimum atomic E-state index is 0.460. The average Bonchev–Trinajstić information content (AvgIpc) is 2.83. The fourth-order valence-electron chi connectivity index (χ4n) is 4.67. The first-order valence-electron chi connectivity index (χ1n) is 12.2. The standard InChI is InChI=1S/C28H39ClN2/c1-5-6-12-24(26-18-21(3)15-16-22(26)4)25-13-7-8-14-28(30-19-27(25)29)31-23-11-9-10-20(2)17-23/h12-13,15-16,18-20,23H,5-11,14,17H2,1-4H3,(H,30,31)/b24-12-,25-13?,27-19+/t20-,23+/m0/s1. The molecule has 0 spiro atoms. The molecule has 1 heterocycles. The molecule has 0 saturated heterocycles. The Morgan fingerprint density at radius 3 is 2.84 bits per heavy atom. The Bertz CT molecular complexity index is 875. The summed E-state index contributed by atoms with van der Waals surface area (Å²) in [7, 11) is 0. The van der Waals surface area contributed by atoms with Gasteiger partial charge in [-0.15, -0.1) is 0 Å². The molecule has 0 amide bonds. The number of allylic oxidation sites excluding steroid dienone is 5. The van der Waals surface area contributed by atoms with Gasteiger partial charge in [-0.25, -0.2) is 0 Å². The van der Waals surface area contributed by atoms with Crippen LogP contribution in [0.1, 0.15) is 88.3 Å². The Kier molecular flexibility index (Phi) is 9.02. The lowest BCUT2D eigenvalue weighted by Gasteiger charge is -2.24. The molecule has 2 nitrogen and oxygen atoms in total. The number of hydrogen-bond donors (Lipinski definition) is 1. The van der Waals surface area contributed by atoms with Gasteiger partial charge in [0.05, 0.1) is 11.1 Å². The third-order valence-electron chi connectivity index (χ3n) is 6.45. The summed E-state index contributed by atoms with van der Waals surface area (Å²) in [5.74, 6) is 1.88. The molecule has 1 fully saturated rings. The molecule has 1 aliphatic carbocycles. The molecule has 168 valence electrons. The third kappa shape index (κ3) is 6.84. The largest absolute Gasteiger partial charge is 0.349 e. The molecule has 0 bridgehead atoms. The molecule has 0 aromatic heterocycles. The highest BCUT2D eigenvalue weighted by Gasteiger charge is 2.19. The molecule has 31 heavy (non-hydrogen) atoms. The van der Waals surface area contributed by atoms with E-state index >= 15 is 0 Å². The lowest BCUT2D eigenvalue weighted by atomic mass is 9.87. The number of aliphatic imine (C=N–C) groups is 1. The number of rotatable bonds is 5. The highest BCUT2D eigenvalue weighted by atomic mass is 35.5. The van der Waals surface area contributed by atoms with Crippen LogP contribution in [-0.2, 0) is 0 Å². The van der Waals surface area contributed by atoms with Gasteiger partial charge in [0.1, 0.15) is 5.84 Å². The second-order valence-electron chi connectivity index (χ2n) is 9.37. The van der Waals surface area contributed by atoms with Gasteiger partial charge in [-0.1, -0.05) is 80.6 Å². The van der Waals surface area contributed by atoms with Crippen LogP contribution in [0.25, 0.3) is 5.57 Å². The number of halogens is 1. The number of amidine groups is 1. The molecule has 1 saturated carbocycles. The Balaban J connectivity index is 1.89. The molecule has 1 aromatic carbocycles. The zero-order valence-electron chi connectivity index (χ0n) is 19.8. The summed E-state index contributed by atoms with van der Waals surface area (Å²) in [5.41, 5.74) is 6.26. The molecule has 2 aliphatic rings. The SMILES string of the molecule is CCC/C=C(/C1=CCCCC(=N[C@@H]2CCC[C@H](C)C2)N/C=C\1Cl)c1cc(C)ccc1C. The Labute approximate surface area is 194 Å². The van der Waals surface area contributed by atoms with Crippen molar-refractivity contribution < 1.29 is 0 Å². The summed E-state index contributed by atoms with van der Waals surface area (Å²) < 4.78 is 0. The highest BCUT2D eigenvalue weighted by molar-refractivity contribution is 6.33. The monoisotopic (exact) mass is 438 g/mol. The molecular weight excluding hydrogens is 400 g/mol. The van der Waals surface area contributed by atoms with Crippen LogP contribution in [0.2, 0.25) is 0 Å². The van der Waals surface area contributed by atoms with Gasteiger partial charge in [-0.3, -0.25) is 4.99 Å². The summed E-state index contributed by atoms with van der Waals surface area (Å²) in [4.78, 5) is 5.09. The molecule has 3 rings (SSSR count). The topological polar surface area (TPSA) is 24.4 Å². The predicted molar refractivity (Wildman–Crippen MR) is 137 cm³/mol. The van der Waals surface area contributed by atoms with E-state index in [0.29, 0.717) is 6.04 Å². The lowest BCUT2D eigenvalue weighted by Crippen LogP contribution is -2.24. The Morgan fingerprint density at radius 1 is 1.23 bits per heavy atom. The maximum atomic E-state index is 6.91. The van der Waals surface area contributed by atoms with Crippen molar-refractivity contribution in [2.75, 3.05) is 0 Å². The van der Waals surface area contributed by atoms with Crippen LogP contribution in [0.5, 0.6) is 0 Å². The van der Waals surface area contributed by atoms with E-state index in [0.717, 1.165) is 54.5 Å². The second kappa shape index (κ2) is 11.7. The molecule has 1 aromatic rings. The Morgan fingerprint density at radius 2 is 2.06 bits per heavy atom. The average molecular weight is 439 g/mol. The van der Waals surface area contributed by atoms with Crippen LogP contribution < -0.4 is 5.32 Å². The molecular formula is C28H39ClN2.